The van der Waals surface area contributed by atoms with E-state index in [0.29, 0.717) is 31.6 Å². The Morgan fingerprint density at radius 2 is 2.31 bits per heavy atom. The molecule has 86 valence electrons. The van der Waals surface area contributed by atoms with E-state index in [0.717, 1.165) is 12.0 Å². The predicted molar refractivity (Wildman–Crippen MR) is 57.0 cm³/mol. The average molecular weight is 222 g/mol. The molecule has 1 heterocycles. The monoisotopic (exact) mass is 222 g/mol. The first-order chi connectivity index (χ1) is 7.68. The molecular weight excluding hydrogens is 208 g/mol. The molecule has 1 fully saturated rings. The van der Waals surface area contributed by atoms with Gasteiger partial charge in [-0.15, -0.1) is 0 Å². The highest BCUT2D eigenvalue weighted by atomic mass is 16.5. The van der Waals surface area contributed by atoms with Gasteiger partial charge in [0.25, 0.3) is 0 Å². The van der Waals surface area contributed by atoms with Crippen LogP contribution in [-0.4, -0.2) is 30.1 Å². The fourth-order valence-corrected chi connectivity index (χ4v) is 2.14. The van der Waals surface area contributed by atoms with Crippen molar-refractivity contribution >= 4 is 11.8 Å². The zero-order valence-electron chi connectivity index (χ0n) is 8.99. The summed E-state index contributed by atoms with van der Waals surface area (Å²) in [5, 5.41) is 8.65. The van der Waals surface area contributed by atoms with Gasteiger partial charge in [0.05, 0.1) is 13.2 Å². The second-order valence-electron chi connectivity index (χ2n) is 4.01. The van der Waals surface area contributed by atoms with Crippen LogP contribution in [0.3, 0.4) is 0 Å². The predicted octanol–water partition coefficient (Wildman–Crippen LogP) is 1.47. The lowest BCUT2D eigenvalue weighted by Gasteiger charge is -2.25. The number of rotatable bonds is 3. The molecule has 0 spiro atoms. The fraction of sp³-hybridized carbons (Fsp3) is 0.500. The molecule has 0 bridgehead atoms. The van der Waals surface area contributed by atoms with Crippen molar-refractivity contribution < 1.29 is 19.4 Å². The normalized spacial score (nSPS) is 20.5. The topological polar surface area (TPSA) is 63.6 Å². The number of ether oxygens (including phenoxy) is 1. The molecule has 0 atom stereocenters. The van der Waals surface area contributed by atoms with Crippen LogP contribution in [0.15, 0.2) is 22.8 Å². The van der Waals surface area contributed by atoms with E-state index in [2.05, 4.69) is 0 Å². The van der Waals surface area contributed by atoms with E-state index in [-0.39, 0.29) is 12.2 Å². The third-order valence-corrected chi connectivity index (χ3v) is 2.97. The lowest BCUT2D eigenvalue weighted by atomic mass is 9.85. The first kappa shape index (κ1) is 11.1. The van der Waals surface area contributed by atoms with Crippen LogP contribution in [0.4, 0.5) is 0 Å². The summed E-state index contributed by atoms with van der Waals surface area (Å²) in [7, 11) is 0. The van der Waals surface area contributed by atoms with Gasteiger partial charge in [-0.3, -0.25) is 9.59 Å². The maximum absolute atomic E-state index is 11.7. The van der Waals surface area contributed by atoms with Crippen molar-refractivity contribution in [2.75, 3.05) is 13.2 Å². The van der Waals surface area contributed by atoms with E-state index in [4.69, 9.17) is 9.84 Å². The molecule has 0 aromatic rings. The summed E-state index contributed by atoms with van der Waals surface area (Å²) in [5.41, 5.74) is 2.77. The molecule has 16 heavy (non-hydrogen) atoms. The summed E-state index contributed by atoms with van der Waals surface area (Å²) in [4.78, 5) is 22.2. The molecule has 2 aliphatic rings. The molecule has 4 nitrogen and oxygen atoms in total. The Morgan fingerprint density at radius 3 is 3.06 bits per heavy atom. The van der Waals surface area contributed by atoms with Crippen LogP contribution in [-0.2, 0) is 14.3 Å². The molecule has 0 amide bonds. The molecule has 0 aromatic carbocycles. The van der Waals surface area contributed by atoms with Gasteiger partial charge in [0.15, 0.2) is 5.78 Å². The van der Waals surface area contributed by atoms with Crippen LogP contribution in [0.5, 0.6) is 0 Å². The van der Waals surface area contributed by atoms with E-state index in [1.165, 1.54) is 5.57 Å². The summed E-state index contributed by atoms with van der Waals surface area (Å²) in [6, 6.07) is 0. The van der Waals surface area contributed by atoms with Gasteiger partial charge in [-0.1, -0.05) is 6.08 Å². The number of carbonyl (C=O) groups is 2. The van der Waals surface area contributed by atoms with Crippen molar-refractivity contribution in [2.24, 2.45) is 0 Å². The highest BCUT2D eigenvalue weighted by molar-refractivity contribution is 5.99. The van der Waals surface area contributed by atoms with Crippen LogP contribution in [0.1, 0.15) is 25.7 Å². The van der Waals surface area contributed by atoms with Crippen molar-refractivity contribution in [3.63, 3.8) is 0 Å². The molecule has 0 saturated carbocycles. The maximum atomic E-state index is 11.7. The number of carboxylic acids is 1. The van der Waals surface area contributed by atoms with Gasteiger partial charge >= 0.3 is 5.97 Å². The van der Waals surface area contributed by atoms with Gasteiger partial charge in [0.1, 0.15) is 0 Å². The summed E-state index contributed by atoms with van der Waals surface area (Å²) < 4.78 is 5.33. The molecule has 1 saturated heterocycles. The minimum atomic E-state index is -0.867. The molecule has 1 aliphatic heterocycles. The van der Waals surface area contributed by atoms with Crippen LogP contribution in [0.25, 0.3) is 0 Å². The second-order valence-corrected chi connectivity index (χ2v) is 4.01. The van der Waals surface area contributed by atoms with Crippen molar-refractivity contribution in [2.45, 2.75) is 25.7 Å². The molecular formula is C12H14O4. The summed E-state index contributed by atoms with van der Waals surface area (Å²) in [6.45, 7) is 1.14. The Labute approximate surface area is 93.6 Å². The smallest absolute Gasteiger partial charge is 0.303 e. The summed E-state index contributed by atoms with van der Waals surface area (Å²) >= 11 is 0. The second kappa shape index (κ2) is 4.61. The van der Waals surface area contributed by atoms with Gasteiger partial charge in [0.2, 0.25) is 0 Å². The number of carboxylic acid groups (broad SMARTS) is 1. The maximum Gasteiger partial charge on any atom is 0.303 e. The van der Waals surface area contributed by atoms with Gasteiger partial charge in [0, 0.05) is 18.4 Å². The molecule has 1 N–H and O–H groups in total. The first-order valence-electron chi connectivity index (χ1n) is 5.42. The molecule has 2 rings (SSSR count). The van der Waals surface area contributed by atoms with E-state index in [1.807, 2.05) is 6.08 Å². The quantitative estimate of drug-likeness (QED) is 0.785. The minimum absolute atomic E-state index is 0.0118. The lowest BCUT2D eigenvalue weighted by molar-refractivity contribution is -0.136. The zero-order chi connectivity index (χ0) is 11.5. The Morgan fingerprint density at radius 1 is 1.50 bits per heavy atom. The molecule has 0 radical (unpaired) electrons. The highest BCUT2D eigenvalue weighted by Gasteiger charge is 2.24. The van der Waals surface area contributed by atoms with Gasteiger partial charge in [-0.05, 0) is 24.0 Å². The van der Waals surface area contributed by atoms with Gasteiger partial charge in [-0.2, -0.15) is 0 Å². The van der Waals surface area contributed by atoms with Gasteiger partial charge in [-0.25, -0.2) is 0 Å². The summed E-state index contributed by atoms with van der Waals surface area (Å²) in [5.74, 6) is -0.820. The number of hydrogen-bond donors (Lipinski definition) is 1. The Kier molecular flexibility index (Phi) is 3.19. The summed E-state index contributed by atoms with van der Waals surface area (Å²) in [6.07, 6.45) is 3.53. The van der Waals surface area contributed by atoms with Crippen LogP contribution >= 0.6 is 0 Å². The van der Waals surface area contributed by atoms with Crippen LogP contribution in [0.2, 0.25) is 0 Å². The van der Waals surface area contributed by atoms with E-state index < -0.39 is 5.97 Å². The Bertz CT molecular complexity index is 390. The van der Waals surface area contributed by atoms with Crippen molar-refractivity contribution in [3.8, 4) is 0 Å². The number of allylic oxidation sites excluding steroid dienone is 2. The SMILES string of the molecule is O=C(O)CCC1=C2COCCC2=CCC1=O. The molecule has 4 heteroatoms. The van der Waals surface area contributed by atoms with Crippen molar-refractivity contribution in [1.29, 1.82) is 0 Å². The number of hydrogen-bond acceptors (Lipinski definition) is 3. The van der Waals surface area contributed by atoms with Crippen molar-refractivity contribution in [1.82, 2.24) is 0 Å². The standard InChI is InChI=1S/C12H14O4/c13-11-3-1-8-5-6-16-7-10(8)9(11)2-4-12(14)15/h1H,2-7H2,(H,14,15). The van der Waals surface area contributed by atoms with E-state index >= 15 is 0 Å². The van der Waals surface area contributed by atoms with Crippen LogP contribution < -0.4 is 0 Å². The highest BCUT2D eigenvalue weighted by Crippen LogP contribution is 2.30. The number of fused-ring (bicyclic) bond motifs is 1. The molecule has 0 aromatic heterocycles. The van der Waals surface area contributed by atoms with Gasteiger partial charge < -0.3 is 9.84 Å². The number of aliphatic carboxylic acids is 1. The molecule has 1 aliphatic carbocycles. The fourth-order valence-electron chi connectivity index (χ4n) is 2.14. The average Bonchev–Trinajstić information content (AvgIpc) is 2.27. The van der Waals surface area contributed by atoms with Crippen molar-refractivity contribution in [3.05, 3.63) is 22.8 Å². The number of carbonyl (C=O) groups excluding carboxylic acids is 1. The third-order valence-electron chi connectivity index (χ3n) is 2.97. The first-order valence-corrected chi connectivity index (χ1v) is 5.42. The van der Waals surface area contributed by atoms with Crippen LogP contribution in [0, 0.1) is 0 Å². The van der Waals surface area contributed by atoms with E-state index in [9.17, 15) is 9.59 Å². The third kappa shape index (κ3) is 2.22. The number of Topliss-reactive ketones (excluding diaryl/α,β-unsaturated/α-hetero) is 1. The Hall–Kier alpha value is -1.42. The zero-order valence-corrected chi connectivity index (χ0v) is 8.99. The minimum Gasteiger partial charge on any atom is -0.481 e. The van der Waals surface area contributed by atoms with E-state index in [1.54, 1.807) is 0 Å². The largest absolute Gasteiger partial charge is 0.481 e. The molecule has 0 unspecified atom stereocenters. The Balaban J connectivity index is 2.21. The number of ketones is 1. The lowest BCUT2D eigenvalue weighted by Crippen LogP contribution is -2.20.